The number of hydrogen-bond acceptors (Lipinski definition) is 6. The molecule has 0 saturated carbocycles. The van der Waals surface area contributed by atoms with Gasteiger partial charge in [0.2, 0.25) is 0 Å². The summed E-state index contributed by atoms with van der Waals surface area (Å²) in [5.74, 6) is -1.08. The first-order valence-electron chi connectivity index (χ1n) is 6.66. The predicted octanol–water partition coefficient (Wildman–Crippen LogP) is -0.590. The van der Waals surface area contributed by atoms with Gasteiger partial charge in [-0.2, -0.15) is 0 Å². The number of carboxylic acid groups (broad SMARTS) is 1. The Kier molecular flexibility index (Phi) is 7.13. The number of hydrogen-bond donors (Lipinski definition) is 3. The first-order chi connectivity index (χ1) is 9.52. The fraction of sp³-hybridized carbons (Fsp3) is 0.750. The molecule has 0 aliphatic carbocycles. The number of nitrogens with two attached hydrogens (primary N) is 1. The minimum Gasteiger partial charge on any atom is -0.480 e. The van der Waals surface area contributed by atoms with Crippen molar-refractivity contribution in [2.24, 2.45) is 5.73 Å². The number of carbonyl (C=O) groups is 1. The average Bonchev–Trinajstić information content (AvgIpc) is 2.81. The zero-order valence-electron chi connectivity index (χ0n) is 11.6. The molecule has 0 aliphatic heterocycles. The van der Waals surface area contributed by atoms with Crippen LogP contribution in [0.1, 0.15) is 25.5 Å². The maximum Gasteiger partial charge on any atom is 0.320 e. The van der Waals surface area contributed by atoms with Crippen LogP contribution in [0.2, 0.25) is 0 Å². The van der Waals surface area contributed by atoms with Gasteiger partial charge >= 0.3 is 5.97 Å². The highest BCUT2D eigenvalue weighted by molar-refractivity contribution is 5.73. The van der Waals surface area contributed by atoms with E-state index in [-0.39, 0.29) is 19.6 Å². The average molecular weight is 286 g/mol. The number of aromatic nitrogens is 3. The molecule has 1 aromatic heterocycles. The molecule has 8 nitrogen and oxygen atoms in total. The summed E-state index contributed by atoms with van der Waals surface area (Å²) in [6.07, 6.45) is 3.03. The number of rotatable bonds is 10. The fourth-order valence-corrected chi connectivity index (χ4v) is 1.57. The Bertz CT molecular complexity index is 410. The van der Waals surface area contributed by atoms with Gasteiger partial charge in [0.1, 0.15) is 6.04 Å². The Morgan fingerprint density at radius 3 is 3.00 bits per heavy atom. The van der Waals surface area contributed by atoms with Crippen LogP contribution in [0.25, 0.3) is 0 Å². The van der Waals surface area contributed by atoms with Gasteiger partial charge in [-0.15, -0.1) is 5.10 Å². The molecule has 0 fully saturated rings. The molecule has 1 heterocycles. The number of carboxylic acids is 1. The summed E-state index contributed by atoms with van der Waals surface area (Å²) in [6.45, 7) is 3.19. The van der Waals surface area contributed by atoms with Crippen LogP contribution in [-0.2, 0) is 22.5 Å². The Hall–Kier alpha value is -1.51. The monoisotopic (exact) mass is 286 g/mol. The van der Waals surface area contributed by atoms with Crippen molar-refractivity contribution in [2.75, 3.05) is 13.2 Å². The minimum absolute atomic E-state index is 0.110. The molecule has 0 spiro atoms. The Morgan fingerprint density at radius 1 is 1.60 bits per heavy atom. The van der Waals surface area contributed by atoms with Crippen molar-refractivity contribution in [2.45, 2.75) is 44.9 Å². The molecule has 2 atom stereocenters. The maximum atomic E-state index is 10.6. The Balaban J connectivity index is 2.34. The number of aliphatic carboxylic acids is 1. The van der Waals surface area contributed by atoms with Crippen LogP contribution < -0.4 is 5.73 Å². The molecular weight excluding hydrogens is 264 g/mol. The molecule has 20 heavy (non-hydrogen) atoms. The molecule has 8 heteroatoms. The standard InChI is InChI=1S/C12H22N4O4/c1-2-3-4-20-8-10(17)7-16-6-9(14-15-16)5-11(13)12(18)19/h6,10-11,17H,2-5,7-8,13H2,1H3,(H,18,19). The molecule has 1 rings (SSSR count). The van der Waals surface area contributed by atoms with Gasteiger partial charge in [0.15, 0.2) is 0 Å². The molecular formula is C12H22N4O4. The molecule has 0 saturated heterocycles. The molecule has 0 aromatic carbocycles. The highest BCUT2D eigenvalue weighted by atomic mass is 16.5. The SMILES string of the molecule is CCCCOCC(O)Cn1cc(CC(N)C(=O)O)nn1. The van der Waals surface area contributed by atoms with Crippen molar-refractivity contribution >= 4 is 5.97 Å². The smallest absolute Gasteiger partial charge is 0.320 e. The van der Waals surface area contributed by atoms with Crippen molar-refractivity contribution in [3.8, 4) is 0 Å². The van der Waals surface area contributed by atoms with Crippen LogP contribution in [0, 0.1) is 0 Å². The molecule has 2 unspecified atom stereocenters. The summed E-state index contributed by atoms with van der Waals surface area (Å²) in [6, 6.07) is -0.998. The number of aliphatic hydroxyl groups excluding tert-OH is 1. The van der Waals surface area contributed by atoms with E-state index in [1.54, 1.807) is 6.20 Å². The van der Waals surface area contributed by atoms with E-state index in [9.17, 15) is 9.90 Å². The van der Waals surface area contributed by atoms with Gasteiger partial charge in [-0.05, 0) is 6.42 Å². The molecule has 1 aromatic rings. The molecule has 0 amide bonds. The number of nitrogens with zero attached hydrogens (tertiary/aromatic N) is 3. The Morgan fingerprint density at radius 2 is 2.35 bits per heavy atom. The van der Waals surface area contributed by atoms with Crippen molar-refractivity contribution < 1.29 is 19.7 Å². The molecule has 114 valence electrons. The predicted molar refractivity (Wildman–Crippen MR) is 71.1 cm³/mol. The second kappa shape index (κ2) is 8.62. The second-order valence-electron chi connectivity index (χ2n) is 4.66. The van der Waals surface area contributed by atoms with Gasteiger partial charge in [-0.25, -0.2) is 4.68 Å². The third-order valence-corrected chi connectivity index (χ3v) is 2.68. The summed E-state index contributed by atoms with van der Waals surface area (Å²) in [5, 5.41) is 26.1. The van der Waals surface area contributed by atoms with Gasteiger partial charge < -0.3 is 20.7 Å². The number of unbranched alkanes of at least 4 members (excludes halogenated alkanes) is 1. The highest BCUT2D eigenvalue weighted by Gasteiger charge is 2.15. The van der Waals surface area contributed by atoms with E-state index >= 15 is 0 Å². The van der Waals surface area contributed by atoms with Gasteiger partial charge in [0.05, 0.1) is 24.9 Å². The third-order valence-electron chi connectivity index (χ3n) is 2.68. The van der Waals surface area contributed by atoms with E-state index in [2.05, 4.69) is 17.2 Å². The van der Waals surface area contributed by atoms with Gasteiger partial charge in [-0.3, -0.25) is 4.79 Å². The number of aliphatic hydroxyl groups is 1. The van der Waals surface area contributed by atoms with E-state index in [0.717, 1.165) is 12.8 Å². The largest absolute Gasteiger partial charge is 0.480 e. The second-order valence-corrected chi connectivity index (χ2v) is 4.66. The van der Waals surface area contributed by atoms with Gasteiger partial charge in [-0.1, -0.05) is 18.6 Å². The molecule has 0 aliphatic rings. The first kappa shape index (κ1) is 16.5. The van der Waals surface area contributed by atoms with Crippen LogP contribution in [-0.4, -0.2) is 56.5 Å². The van der Waals surface area contributed by atoms with Crippen molar-refractivity contribution in [3.63, 3.8) is 0 Å². The summed E-state index contributed by atoms with van der Waals surface area (Å²) in [5.41, 5.74) is 5.89. The lowest BCUT2D eigenvalue weighted by molar-refractivity contribution is -0.138. The zero-order chi connectivity index (χ0) is 15.0. The minimum atomic E-state index is -1.08. The first-order valence-corrected chi connectivity index (χ1v) is 6.66. The van der Waals surface area contributed by atoms with Crippen LogP contribution in [0.15, 0.2) is 6.20 Å². The third kappa shape index (κ3) is 6.09. The van der Waals surface area contributed by atoms with Crippen LogP contribution in [0.4, 0.5) is 0 Å². The van der Waals surface area contributed by atoms with Gasteiger partial charge in [0.25, 0.3) is 0 Å². The summed E-state index contributed by atoms with van der Waals surface area (Å²) in [7, 11) is 0. The quantitative estimate of drug-likeness (QED) is 0.491. The van der Waals surface area contributed by atoms with E-state index in [0.29, 0.717) is 12.3 Å². The topological polar surface area (TPSA) is 123 Å². The molecule has 4 N–H and O–H groups in total. The van der Waals surface area contributed by atoms with E-state index in [4.69, 9.17) is 15.6 Å². The lowest BCUT2D eigenvalue weighted by Gasteiger charge is -2.10. The highest BCUT2D eigenvalue weighted by Crippen LogP contribution is 2.00. The van der Waals surface area contributed by atoms with Crippen LogP contribution in [0.3, 0.4) is 0 Å². The maximum absolute atomic E-state index is 10.6. The fourth-order valence-electron chi connectivity index (χ4n) is 1.57. The number of ether oxygens (including phenoxy) is 1. The van der Waals surface area contributed by atoms with Crippen molar-refractivity contribution in [1.29, 1.82) is 0 Å². The lowest BCUT2D eigenvalue weighted by Crippen LogP contribution is -2.32. The van der Waals surface area contributed by atoms with Gasteiger partial charge in [0, 0.05) is 19.2 Å². The van der Waals surface area contributed by atoms with E-state index in [1.165, 1.54) is 4.68 Å². The summed E-state index contributed by atoms with van der Waals surface area (Å²) in [4.78, 5) is 10.6. The molecule has 0 bridgehead atoms. The normalized spacial score (nSPS) is 14.2. The molecule has 0 radical (unpaired) electrons. The van der Waals surface area contributed by atoms with E-state index in [1.807, 2.05) is 0 Å². The summed E-state index contributed by atoms with van der Waals surface area (Å²) >= 11 is 0. The van der Waals surface area contributed by atoms with Crippen molar-refractivity contribution in [3.05, 3.63) is 11.9 Å². The zero-order valence-corrected chi connectivity index (χ0v) is 11.6. The van der Waals surface area contributed by atoms with Crippen molar-refractivity contribution in [1.82, 2.24) is 15.0 Å². The van der Waals surface area contributed by atoms with Crippen LogP contribution >= 0.6 is 0 Å². The Labute approximate surface area is 117 Å². The van der Waals surface area contributed by atoms with E-state index < -0.39 is 18.1 Å². The lowest BCUT2D eigenvalue weighted by atomic mass is 10.2. The summed E-state index contributed by atoms with van der Waals surface area (Å²) < 4.78 is 6.76. The van der Waals surface area contributed by atoms with Crippen LogP contribution in [0.5, 0.6) is 0 Å².